The first-order chi connectivity index (χ1) is 11.2. The topological polar surface area (TPSA) is 63.9 Å². The van der Waals surface area contributed by atoms with Crippen molar-refractivity contribution in [1.82, 2.24) is 24.6 Å². The van der Waals surface area contributed by atoms with E-state index in [9.17, 15) is 4.79 Å². The maximum absolute atomic E-state index is 11.6. The molecule has 0 bridgehead atoms. The number of nitrogens with zero attached hydrogens (tertiary/aromatic N) is 5. The molecule has 0 aromatic carbocycles. The van der Waals surface area contributed by atoms with E-state index >= 15 is 0 Å². The molecule has 23 heavy (non-hydrogen) atoms. The van der Waals surface area contributed by atoms with Gasteiger partial charge in [0.05, 0.1) is 17.6 Å². The molecule has 122 valence electrons. The number of amides is 1. The molecular formula is C17H23N5O. The van der Waals surface area contributed by atoms with Crippen LogP contribution in [0.2, 0.25) is 0 Å². The van der Waals surface area contributed by atoms with Crippen LogP contribution in [0.15, 0.2) is 24.7 Å². The number of carbonyl (C=O) groups is 1. The highest BCUT2D eigenvalue weighted by atomic mass is 16.2. The van der Waals surface area contributed by atoms with Gasteiger partial charge in [-0.25, -0.2) is 0 Å². The first kappa shape index (κ1) is 15.6. The predicted octanol–water partition coefficient (Wildman–Crippen LogP) is 2.48. The monoisotopic (exact) mass is 313 g/mol. The highest BCUT2D eigenvalue weighted by Gasteiger charge is 2.24. The van der Waals surface area contributed by atoms with E-state index in [1.54, 1.807) is 13.1 Å². The number of piperidine rings is 1. The van der Waals surface area contributed by atoms with Gasteiger partial charge in [0.15, 0.2) is 0 Å². The first-order valence-electron chi connectivity index (χ1n) is 8.28. The molecule has 1 atom stereocenters. The molecule has 0 N–H and O–H groups in total. The van der Waals surface area contributed by atoms with Gasteiger partial charge in [0.1, 0.15) is 5.69 Å². The van der Waals surface area contributed by atoms with Crippen molar-refractivity contribution in [3.05, 3.63) is 30.4 Å². The zero-order valence-corrected chi connectivity index (χ0v) is 13.8. The fourth-order valence-corrected chi connectivity index (χ4v) is 3.13. The molecule has 0 saturated carbocycles. The molecule has 0 aliphatic carbocycles. The van der Waals surface area contributed by atoms with Gasteiger partial charge in [-0.1, -0.05) is 6.92 Å². The maximum atomic E-state index is 11.6. The largest absolute Gasteiger partial charge is 0.342 e. The van der Waals surface area contributed by atoms with Crippen LogP contribution in [0, 0.1) is 0 Å². The Morgan fingerprint density at radius 2 is 2.22 bits per heavy atom. The number of aromatic nitrogens is 4. The average Bonchev–Trinajstić information content (AvgIpc) is 3.04. The summed E-state index contributed by atoms with van der Waals surface area (Å²) in [5, 5.41) is 4.33. The molecule has 1 fully saturated rings. The van der Waals surface area contributed by atoms with Crippen molar-refractivity contribution >= 4 is 5.91 Å². The van der Waals surface area contributed by atoms with E-state index in [0.717, 1.165) is 56.0 Å². The Bertz CT molecular complexity index is 664. The molecular weight excluding hydrogens is 290 g/mol. The zero-order chi connectivity index (χ0) is 16.2. The lowest BCUT2D eigenvalue weighted by atomic mass is 9.95. The Balaban J connectivity index is 1.76. The van der Waals surface area contributed by atoms with Gasteiger partial charge in [0.2, 0.25) is 5.91 Å². The zero-order valence-electron chi connectivity index (χ0n) is 13.8. The summed E-state index contributed by atoms with van der Waals surface area (Å²) in [4.78, 5) is 22.7. The Morgan fingerprint density at radius 3 is 2.91 bits per heavy atom. The second-order valence-electron chi connectivity index (χ2n) is 6.07. The van der Waals surface area contributed by atoms with Crippen molar-refractivity contribution in [2.75, 3.05) is 13.1 Å². The number of hydrogen-bond donors (Lipinski definition) is 0. The van der Waals surface area contributed by atoms with Crippen molar-refractivity contribution in [3.8, 4) is 11.4 Å². The van der Waals surface area contributed by atoms with E-state index in [1.165, 1.54) is 0 Å². The van der Waals surface area contributed by atoms with Crippen molar-refractivity contribution in [2.24, 2.45) is 0 Å². The minimum absolute atomic E-state index is 0.141. The fourth-order valence-electron chi connectivity index (χ4n) is 3.13. The lowest BCUT2D eigenvalue weighted by molar-refractivity contribution is -0.130. The number of hydrogen-bond acceptors (Lipinski definition) is 4. The van der Waals surface area contributed by atoms with Gasteiger partial charge in [-0.15, -0.1) is 0 Å². The Hall–Kier alpha value is -2.24. The third kappa shape index (κ3) is 3.41. The van der Waals surface area contributed by atoms with Crippen molar-refractivity contribution in [2.45, 2.75) is 45.6 Å². The summed E-state index contributed by atoms with van der Waals surface area (Å²) in [7, 11) is 0. The standard InChI is InChI=1S/C17H23N5O/c1-3-8-22-17(6-7-20-22)16-11-18-15(10-19-16)14-5-4-9-21(12-14)13(2)23/h6-7,10-11,14H,3-5,8-9,12H2,1-2H3/t14-/m0/s1. The maximum Gasteiger partial charge on any atom is 0.219 e. The quantitative estimate of drug-likeness (QED) is 0.870. The van der Waals surface area contributed by atoms with Crippen LogP contribution in [0.5, 0.6) is 0 Å². The van der Waals surface area contributed by atoms with E-state index < -0.39 is 0 Å². The third-order valence-corrected chi connectivity index (χ3v) is 4.37. The van der Waals surface area contributed by atoms with Gasteiger partial charge in [-0.05, 0) is 25.3 Å². The highest BCUT2D eigenvalue weighted by molar-refractivity contribution is 5.73. The van der Waals surface area contributed by atoms with Crippen molar-refractivity contribution in [1.29, 1.82) is 0 Å². The fraction of sp³-hybridized carbons (Fsp3) is 0.529. The lowest BCUT2D eigenvalue weighted by Gasteiger charge is -2.31. The first-order valence-corrected chi connectivity index (χ1v) is 8.28. The molecule has 1 amide bonds. The summed E-state index contributed by atoms with van der Waals surface area (Å²) in [6.07, 6.45) is 8.59. The van der Waals surface area contributed by atoms with Crippen molar-refractivity contribution < 1.29 is 4.79 Å². The number of rotatable bonds is 4. The summed E-state index contributed by atoms with van der Waals surface area (Å²) >= 11 is 0. The van der Waals surface area contributed by atoms with Gasteiger partial charge >= 0.3 is 0 Å². The molecule has 1 aliphatic heterocycles. The lowest BCUT2D eigenvalue weighted by Crippen LogP contribution is -2.37. The van der Waals surface area contributed by atoms with Crippen LogP contribution >= 0.6 is 0 Å². The molecule has 0 spiro atoms. The van der Waals surface area contributed by atoms with Gasteiger partial charge in [-0.3, -0.25) is 19.4 Å². The highest BCUT2D eigenvalue weighted by Crippen LogP contribution is 2.26. The summed E-state index contributed by atoms with van der Waals surface area (Å²) in [6, 6.07) is 1.97. The van der Waals surface area contributed by atoms with E-state index in [2.05, 4.69) is 22.0 Å². The van der Waals surface area contributed by atoms with Crippen LogP contribution in [0.4, 0.5) is 0 Å². The summed E-state index contributed by atoms with van der Waals surface area (Å²) in [5.74, 6) is 0.428. The molecule has 2 aromatic heterocycles. The van der Waals surface area contributed by atoms with Crippen LogP contribution in [0.25, 0.3) is 11.4 Å². The third-order valence-electron chi connectivity index (χ3n) is 4.37. The van der Waals surface area contributed by atoms with Crippen LogP contribution in [0.1, 0.15) is 44.7 Å². The number of likely N-dealkylation sites (tertiary alicyclic amines) is 1. The van der Waals surface area contributed by atoms with Gasteiger partial charge in [0, 0.05) is 44.9 Å². The van der Waals surface area contributed by atoms with Gasteiger partial charge in [-0.2, -0.15) is 5.10 Å². The Kier molecular flexibility index (Phi) is 4.69. The SMILES string of the molecule is CCCn1nccc1-c1cnc([C@H]2CCCN(C(C)=O)C2)cn1. The molecule has 3 rings (SSSR count). The van der Waals surface area contributed by atoms with E-state index in [1.807, 2.05) is 28.0 Å². The van der Waals surface area contributed by atoms with Crippen molar-refractivity contribution in [3.63, 3.8) is 0 Å². The normalized spacial score (nSPS) is 18.2. The minimum atomic E-state index is 0.141. The van der Waals surface area contributed by atoms with E-state index in [0.29, 0.717) is 0 Å². The second kappa shape index (κ2) is 6.89. The Labute approximate surface area is 136 Å². The molecule has 1 saturated heterocycles. The minimum Gasteiger partial charge on any atom is -0.342 e. The predicted molar refractivity (Wildman–Crippen MR) is 87.8 cm³/mol. The summed E-state index contributed by atoms with van der Waals surface area (Å²) in [6.45, 7) is 6.24. The molecule has 6 heteroatoms. The molecule has 0 radical (unpaired) electrons. The van der Waals surface area contributed by atoms with Gasteiger partial charge in [0.25, 0.3) is 0 Å². The summed E-state index contributed by atoms with van der Waals surface area (Å²) < 4.78 is 1.96. The van der Waals surface area contributed by atoms with Crippen LogP contribution in [-0.2, 0) is 11.3 Å². The molecule has 0 unspecified atom stereocenters. The van der Waals surface area contributed by atoms with Gasteiger partial charge < -0.3 is 4.90 Å². The van der Waals surface area contributed by atoms with E-state index in [-0.39, 0.29) is 11.8 Å². The second-order valence-corrected chi connectivity index (χ2v) is 6.07. The smallest absolute Gasteiger partial charge is 0.219 e. The molecule has 1 aliphatic rings. The number of carbonyl (C=O) groups excluding carboxylic acids is 1. The van der Waals surface area contributed by atoms with Crippen LogP contribution in [-0.4, -0.2) is 43.6 Å². The Morgan fingerprint density at radius 1 is 1.35 bits per heavy atom. The average molecular weight is 313 g/mol. The van der Waals surface area contributed by atoms with E-state index in [4.69, 9.17) is 0 Å². The molecule has 3 heterocycles. The molecule has 6 nitrogen and oxygen atoms in total. The van der Waals surface area contributed by atoms with Crippen LogP contribution in [0.3, 0.4) is 0 Å². The molecule has 2 aromatic rings. The summed E-state index contributed by atoms with van der Waals surface area (Å²) in [5.41, 5.74) is 2.82. The number of aryl methyl sites for hydroxylation is 1. The van der Waals surface area contributed by atoms with Crippen LogP contribution < -0.4 is 0 Å².